The molecule has 0 aliphatic heterocycles. The second kappa shape index (κ2) is 4.77. The molecule has 0 saturated heterocycles. The molecule has 0 heterocycles. The molecule has 1 aliphatic carbocycles. The Labute approximate surface area is 113 Å². The van der Waals surface area contributed by atoms with Crippen molar-refractivity contribution in [1.29, 1.82) is 0 Å². The minimum absolute atomic E-state index is 0.0585. The molecule has 1 saturated carbocycles. The highest BCUT2D eigenvalue weighted by Gasteiger charge is 2.36. The summed E-state index contributed by atoms with van der Waals surface area (Å²) in [6, 6.07) is 3.39. The number of nitrogens with one attached hydrogen (secondary N) is 1. The van der Waals surface area contributed by atoms with E-state index in [0.717, 1.165) is 6.42 Å². The zero-order valence-electron chi connectivity index (χ0n) is 11.2. The fourth-order valence-electron chi connectivity index (χ4n) is 2.32. The quantitative estimate of drug-likeness (QED) is 0.721. The summed E-state index contributed by atoms with van der Waals surface area (Å²) in [6.45, 7) is 3.48. The maximum atomic E-state index is 12.3. The second-order valence-corrected chi connectivity index (χ2v) is 7.03. The molecular weight excluding hydrogens is 264 g/mol. The first-order valence-corrected chi connectivity index (χ1v) is 7.81. The van der Waals surface area contributed by atoms with E-state index in [9.17, 15) is 13.5 Å². The van der Waals surface area contributed by atoms with Crippen molar-refractivity contribution in [3.8, 4) is 0 Å². The summed E-state index contributed by atoms with van der Waals surface area (Å²) in [7, 11) is -3.64. The summed E-state index contributed by atoms with van der Waals surface area (Å²) in [5.41, 5.74) is 6.54. The van der Waals surface area contributed by atoms with E-state index in [0.29, 0.717) is 29.7 Å². The van der Waals surface area contributed by atoms with Gasteiger partial charge in [-0.2, -0.15) is 0 Å². The average Bonchev–Trinajstić information content (AvgIpc) is 2.29. The number of nitrogens with two attached hydrogens (primary N) is 1. The van der Waals surface area contributed by atoms with Gasteiger partial charge in [-0.3, -0.25) is 0 Å². The predicted molar refractivity (Wildman–Crippen MR) is 74.3 cm³/mol. The Balaban J connectivity index is 2.27. The zero-order chi connectivity index (χ0) is 14.3. The third kappa shape index (κ3) is 2.75. The van der Waals surface area contributed by atoms with Gasteiger partial charge in [0.15, 0.2) is 0 Å². The molecular formula is C13H20N2O3S. The standard InChI is InChI=1S/C13H20N2O3S/c1-9-4-5-11(14)10(2)12(9)19(17,18)15-8-13(16)6-3-7-13/h4-5,15-16H,3,6-8,14H2,1-2H3. The lowest BCUT2D eigenvalue weighted by molar-refractivity contribution is -0.0270. The van der Waals surface area contributed by atoms with Gasteiger partial charge in [-0.25, -0.2) is 13.1 Å². The lowest BCUT2D eigenvalue weighted by atomic mass is 9.81. The van der Waals surface area contributed by atoms with Gasteiger partial charge in [0.1, 0.15) is 0 Å². The second-order valence-electron chi connectivity index (χ2n) is 5.33. The van der Waals surface area contributed by atoms with Crippen molar-refractivity contribution in [2.24, 2.45) is 0 Å². The summed E-state index contributed by atoms with van der Waals surface area (Å²) < 4.78 is 27.2. The number of rotatable bonds is 4. The van der Waals surface area contributed by atoms with E-state index in [1.54, 1.807) is 26.0 Å². The van der Waals surface area contributed by atoms with Gasteiger partial charge in [-0.15, -0.1) is 0 Å². The monoisotopic (exact) mass is 284 g/mol. The van der Waals surface area contributed by atoms with Crippen LogP contribution in [0.1, 0.15) is 30.4 Å². The highest BCUT2D eigenvalue weighted by molar-refractivity contribution is 7.89. The number of anilines is 1. The Bertz CT molecular complexity index is 592. The van der Waals surface area contributed by atoms with Crippen molar-refractivity contribution in [1.82, 2.24) is 4.72 Å². The number of sulfonamides is 1. The van der Waals surface area contributed by atoms with Crippen LogP contribution in [0.25, 0.3) is 0 Å². The Hall–Kier alpha value is -1.11. The van der Waals surface area contributed by atoms with Crippen LogP contribution in [0.15, 0.2) is 17.0 Å². The van der Waals surface area contributed by atoms with Crippen molar-refractivity contribution >= 4 is 15.7 Å². The fraction of sp³-hybridized carbons (Fsp3) is 0.538. The van der Waals surface area contributed by atoms with Crippen LogP contribution in [0.3, 0.4) is 0 Å². The first-order chi connectivity index (χ1) is 8.75. The van der Waals surface area contributed by atoms with Crippen molar-refractivity contribution in [3.63, 3.8) is 0 Å². The van der Waals surface area contributed by atoms with Gasteiger partial charge in [0.05, 0.1) is 10.5 Å². The molecule has 1 aromatic carbocycles. The van der Waals surface area contributed by atoms with Crippen LogP contribution in [0.5, 0.6) is 0 Å². The van der Waals surface area contributed by atoms with Crippen LogP contribution in [-0.2, 0) is 10.0 Å². The van der Waals surface area contributed by atoms with Crippen LogP contribution < -0.4 is 10.5 Å². The molecule has 5 nitrogen and oxygen atoms in total. The molecule has 0 atom stereocenters. The predicted octanol–water partition coefficient (Wildman–Crippen LogP) is 1.08. The van der Waals surface area contributed by atoms with Gasteiger partial charge < -0.3 is 10.8 Å². The Morgan fingerprint density at radius 3 is 2.53 bits per heavy atom. The van der Waals surface area contributed by atoms with Gasteiger partial charge in [0.2, 0.25) is 10.0 Å². The van der Waals surface area contributed by atoms with E-state index in [-0.39, 0.29) is 11.4 Å². The van der Waals surface area contributed by atoms with E-state index < -0.39 is 15.6 Å². The van der Waals surface area contributed by atoms with E-state index >= 15 is 0 Å². The molecule has 0 spiro atoms. The SMILES string of the molecule is Cc1ccc(N)c(C)c1S(=O)(=O)NCC1(O)CCC1. The maximum Gasteiger partial charge on any atom is 0.241 e. The Morgan fingerprint density at radius 1 is 1.37 bits per heavy atom. The minimum Gasteiger partial charge on any atom is -0.398 e. The van der Waals surface area contributed by atoms with Gasteiger partial charge in [0.25, 0.3) is 0 Å². The summed E-state index contributed by atoms with van der Waals surface area (Å²) in [6.07, 6.45) is 2.23. The van der Waals surface area contributed by atoms with Crippen molar-refractivity contribution in [2.75, 3.05) is 12.3 Å². The molecule has 1 aromatic rings. The van der Waals surface area contributed by atoms with Gasteiger partial charge in [-0.1, -0.05) is 6.07 Å². The first-order valence-electron chi connectivity index (χ1n) is 6.33. The maximum absolute atomic E-state index is 12.3. The number of aliphatic hydroxyl groups is 1. The highest BCUT2D eigenvalue weighted by Crippen LogP contribution is 2.31. The smallest absolute Gasteiger partial charge is 0.241 e. The molecule has 2 rings (SSSR count). The largest absolute Gasteiger partial charge is 0.398 e. The molecule has 0 amide bonds. The molecule has 0 aromatic heterocycles. The van der Waals surface area contributed by atoms with E-state index in [1.165, 1.54) is 0 Å². The summed E-state index contributed by atoms with van der Waals surface area (Å²) in [4.78, 5) is 0.218. The van der Waals surface area contributed by atoms with Gasteiger partial charge in [0, 0.05) is 12.2 Å². The van der Waals surface area contributed by atoms with Crippen LogP contribution >= 0.6 is 0 Å². The van der Waals surface area contributed by atoms with Crippen molar-refractivity contribution in [2.45, 2.75) is 43.6 Å². The Morgan fingerprint density at radius 2 is 2.00 bits per heavy atom. The lowest BCUT2D eigenvalue weighted by Gasteiger charge is -2.36. The third-order valence-electron chi connectivity index (χ3n) is 3.79. The normalized spacial score (nSPS) is 18.1. The number of benzene rings is 1. The van der Waals surface area contributed by atoms with Crippen LogP contribution in [0.2, 0.25) is 0 Å². The van der Waals surface area contributed by atoms with Crippen LogP contribution in [0, 0.1) is 13.8 Å². The van der Waals surface area contributed by atoms with E-state index in [1.807, 2.05) is 0 Å². The van der Waals surface area contributed by atoms with Crippen molar-refractivity contribution in [3.05, 3.63) is 23.3 Å². The molecule has 1 fully saturated rings. The molecule has 19 heavy (non-hydrogen) atoms. The third-order valence-corrected chi connectivity index (χ3v) is 5.48. The Kier molecular flexibility index (Phi) is 3.59. The van der Waals surface area contributed by atoms with Crippen molar-refractivity contribution < 1.29 is 13.5 Å². The topological polar surface area (TPSA) is 92.4 Å². The van der Waals surface area contributed by atoms with Gasteiger partial charge >= 0.3 is 0 Å². The molecule has 4 N–H and O–H groups in total. The van der Waals surface area contributed by atoms with Gasteiger partial charge in [-0.05, 0) is 50.3 Å². The van der Waals surface area contributed by atoms with Crippen LogP contribution in [0.4, 0.5) is 5.69 Å². The average molecular weight is 284 g/mol. The molecule has 0 unspecified atom stereocenters. The molecule has 106 valence electrons. The highest BCUT2D eigenvalue weighted by atomic mass is 32.2. The van der Waals surface area contributed by atoms with Crippen LogP contribution in [-0.4, -0.2) is 25.7 Å². The summed E-state index contributed by atoms with van der Waals surface area (Å²) >= 11 is 0. The molecule has 6 heteroatoms. The molecule has 0 radical (unpaired) electrons. The lowest BCUT2D eigenvalue weighted by Crippen LogP contribution is -2.47. The van der Waals surface area contributed by atoms with E-state index in [2.05, 4.69) is 4.72 Å². The number of hydrogen-bond donors (Lipinski definition) is 3. The zero-order valence-corrected chi connectivity index (χ0v) is 12.0. The summed E-state index contributed by atoms with van der Waals surface area (Å²) in [5.74, 6) is 0. The number of hydrogen-bond acceptors (Lipinski definition) is 4. The first kappa shape index (κ1) is 14.3. The number of aryl methyl sites for hydroxylation is 1. The fourth-order valence-corrected chi connectivity index (χ4v) is 3.93. The summed E-state index contributed by atoms with van der Waals surface area (Å²) in [5, 5.41) is 9.96. The number of nitrogen functional groups attached to an aromatic ring is 1. The minimum atomic E-state index is -3.64. The molecule has 0 bridgehead atoms. The van der Waals surface area contributed by atoms with E-state index in [4.69, 9.17) is 5.73 Å². The molecule has 1 aliphatic rings.